The first kappa shape index (κ1) is 8.69. The van der Waals surface area contributed by atoms with Gasteiger partial charge < -0.3 is 0 Å². The highest BCUT2D eigenvalue weighted by Gasteiger charge is 2.05. The fourth-order valence-corrected chi connectivity index (χ4v) is 1.55. The van der Waals surface area contributed by atoms with Gasteiger partial charge in [-0.2, -0.15) is 5.10 Å². The van der Waals surface area contributed by atoms with Gasteiger partial charge in [-0.3, -0.25) is 0 Å². The lowest BCUT2D eigenvalue weighted by atomic mass is 10.2. The molecule has 2 aromatic heterocycles. The van der Waals surface area contributed by atoms with Gasteiger partial charge in [-0.25, -0.2) is 9.50 Å². The van der Waals surface area contributed by atoms with Gasteiger partial charge in [0.1, 0.15) is 0 Å². The lowest BCUT2D eigenvalue weighted by molar-refractivity contribution is 0.719. The number of aromatic nitrogens is 3. The minimum Gasteiger partial charge on any atom is -0.237 e. The summed E-state index contributed by atoms with van der Waals surface area (Å²) in [6, 6.07) is 1.97. The molecule has 0 spiro atoms. The SMILES string of the molecule is CC(C)c1ncc2c(Br)ccn2n1. The smallest absolute Gasteiger partial charge is 0.151 e. The third-order valence-corrected chi connectivity index (χ3v) is 2.57. The molecule has 2 aromatic rings. The Labute approximate surface area is 84.9 Å². The number of nitrogens with zero attached hydrogens (tertiary/aromatic N) is 3. The monoisotopic (exact) mass is 239 g/mol. The van der Waals surface area contributed by atoms with Gasteiger partial charge in [0.2, 0.25) is 0 Å². The van der Waals surface area contributed by atoms with Crippen molar-refractivity contribution >= 4 is 21.4 Å². The van der Waals surface area contributed by atoms with E-state index in [0.29, 0.717) is 5.92 Å². The van der Waals surface area contributed by atoms with Gasteiger partial charge in [0.15, 0.2) is 5.82 Å². The molecule has 0 saturated heterocycles. The summed E-state index contributed by atoms with van der Waals surface area (Å²) in [7, 11) is 0. The fourth-order valence-electron chi connectivity index (χ4n) is 1.15. The number of hydrogen-bond donors (Lipinski definition) is 0. The summed E-state index contributed by atoms with van der Waals surface area (Å²) in [5.74, 6) is 1.24. The van der Waals surface area contributed by atoms with E-state index in [2.05, 4.69) is 39.9 Å². The predicted octanol–water partition coefficient (Wildman–Crippen LogP) is 2.62. The van der Waals surface area contributed by atoms with Gasteiger partial charge in [0.25, 0.3) is 0 Å². The van der Waals surface area contributed by atoms with Gasteiger partial charge in [0, 0.05) is 16.6 Å². The van der Waals surface area contributed by atoms with Crippen LogP contribution in [0, 0.1) is 0 Å². The lowest BCUT2D eigenvalue weighted by Gasteiger charge is -2.02. The second kappa shape index (κ2) is 3.10. The lowest BCUT2D eigenvalue weighted by Crippen LogP contribution is -2.01. The first-order valence-electron chi connectivity index (χ1n) is 4.18. The van der Waals surface area contributed by atoms with Crippen molar-refractivity contribution in [2.75, 3.05) is 0 Å². The molecule has 0 atom stereocenters. The second-order valence-electron chi connectivity index (χ2n) is 3.26. The van der Waals surface area contributed by atoms with Crippen molar-refractivity contribution in [2.24, 2.45) is 0 Å². The topological polar surface area (TPSA) is 30.2 Å². The number of fused-ring (bicyclic) bond motifs is 1. The Bertz CT molecular complexity index is 433. The van der Waals surface area contributed by atoms with Gasteiger partial charge in [-0.05, 0) is 22.0 Å². The van der Waals surface area contributed by atoms with E-state index in [1.165, 1.54) is 0 Å². The average Bonchev–Trinajstić information content (AvgIpc) is 2.47. The maximum Gasteiger partial charge on any atom is 0.151 e. The highest BCUT2D eigenvalue weighted by Crippen LogP contribution is 2.18. The van der Waals surface area contributed by atoms with E-state index in [9.17, 15) is 0 Å². The van der Waals surface area contributed by atoms with E-state index in [4.69, 9.17) is 0 Å². The Kier molecular flexibility index (Phi) is 2.07. The Hall–Kier alpha value is -0.900. The molecular formula is C9H10BrN3. The van der Waals surface area contributed by atoms with Crippen LogP contribution in [0.1, 0.15) is 25.6 Å². The van der Waals surface area contributed by atoms with Crippen molar-refractivity contribution in [1.29, 1.82) is 0 Å². The molecule has 0 aliphatic heterocycles. The summed E-state index contributed by atoms with van der Waals surface area (Å²) < 4.78 is 2.87. The van der Waals surface area contributed by atoms with Crippen molar-refractivity contribution in [3.05, 3.63) is 28.8 Å². The summed E-state index contributed by atoms with van der Waals surface area (Å²) in [6.45, 7) is 4.17. The van der Waals surface area contributed by atoms with Crippen molar-refractivity contribution in [3.63, 3.8) is 0 Å². The fraction of sp³-hybridized carbons (Fsp3) is 0.333. The van der Waals surface area contributed by atoms with Crippen molar-refractivity contribution in [2.45, 2.75) is 19.8 Å². The van der Waals surface area contributed by atoms with Gasteiger partial charge in [-0.15, -0.1) is 0 Å². The molecule has 0 aliphatic rings. The third kappa shape index (κ3) is 1.46. The maximum atomic E-state index is 4.37. The van der Waals surface area contributed by atoms with Gasteiger partial charge in [0.05, 0.1) is 11.7 Å². The number of rotatable bonds is 1. The summed E-state index contributed by atoms with van der Waals surface area (Å²) in [6.07, 6.45) is 3.76. The molecule has 0 unspecified atom stereocenters. The molecule has 0 fully saturated rings. The largest absolute Gasteiger partial charge is 0.237 e. The zero-order valence-corrected chi connectivity index (χ0v) is 9.12. The third-order valence-electron chi connectivity index (χ3n) is 1.90. The van der Waals surface area contributed by atoms with E-state index in [1.54, 1.807) is 0 Å². The summed E-state index contributed by atoms with van der Waals surface area (Å²) >= 11 is 3.43. The van der Waals surface area contributed by atoms with Crippen molar-refractivity contribution in [3.8, 4) is 0 Å². The van der Waals surface area contributed by atoms with Crippen LogP contribution in [0.25, 0.3) is 5.52 Å². The highest BCUT2D eigenvalue weighted by atomic mass is 79.9. The molecule has 4 heteroatoms. The minimum atomic E-state index is 0.366. The van der Waals surface area contributed by atoms with Gasteiger partial charge >= 0.3 is 0 Å². The predicted molar refractivity (Wildman–Crippen MR) is 54.8 cm³/mol. The van der Waals surface area contributed by atoms with Crippen molar-refractivity contribution in [1.82, 2.24) is 14.6 Å². The Balaban J connectivity index is 2.63. The molecule has 0 saturated carbocycles. The summed E-state index contributed by atoms with van der Waals surface area (Å²) in [4.78, 5) is 4.28. The van der Waals surface area contributed by atoms with E-state index in [1.807, 2.05) is 23.0 Å². The molecule has 2 rings (SSSR count). The molecule has 0 aliphatic carbocycles. The van der Waals surface area contributed by atoms with Crippen LogP contribution in [-0.2, 0) is 0 Å². The standard InChI is InChI=1S/C9H10BrN3/c1-6(2)9-11-5-8-7(10)3-4-13(8)12-9/h3-6H,1-2H3. The van der Waals surface area contributed by atoms with Crippen LogP contribution in [0.3, 0.4) is 0 Å². The Morgan fingerprint density at radius 1 is 1.46 bits per heavy atom. The second-order valence-corrected chi connectivity index (χ2v) is 4.12. The van der Waals surface area contributed by atoms with Crippen molar-refractivity contribution < 1.29 is 0 Å². The minimum absolute atomic E-state index is 0.366. The van der Waals surface area contributed by atoms with Gasteiger partial charge in [-0.1, -0.05) is 13.8 Å². The normalized spacial score (nSPS) is 11.4. The first-order valence-corrected chi connectivity index (χ1v) is 4.97. The number of hydrogen-bond acceptors (Lipinski definition) is 2. The van der Waals surface area contributed by atoms with E-state index < -0.39 is 0 Å². The Morgan fingerprint density at radius 2 is 2.23 bits per heavy atom. The molecule has 0 bridgehead atoms. The van der Waals surface area contributed by atoms with E-state index >= 15 is 0 Å². The molecular weight excluding hydrogens is 230 g/mol. The molecule has 3 nitrogen and oxygen atoms in total. The van der Waals surface area contributed by atoms with Crippen LogP contribution in [-0.4, -0.2) is 14.6 Å². The Morgan fingerprint density at radius 3 is 2.92 bits per heavy atom. The summed E-state index contributed by atoms with van der Waals surface area (Å²) in [5.41, 5.74) is 1.00. The van der Waals surface area contributed by atoms with Crippen LogP contribution in [0.15, 0.2) is 22.9 Å². The van der Waals surface area contributed by atoms with Crippen LogP contribution >= 0.6 is 15.9 Å². The molecule has 0 aromatic carbocycles. The van der Waals surface area contributed by atoms with Crippen LogP contribution in [0.5, 0.6) is 0 Å². The highest BCUT2D eigenvalue weighted by molar-refractivity contribution is 9.10. The zero-order chi connectivity index (χ0) is 9.42. The first-order chi connectivity index (χ1) is 6.18. The zero-order valence-electron chi connectivity index (χ0n) is 7.53. The molecule has 68 valence electrons. The van der Waals surface area contributed by atoms with E-state index in [-0.39, 0.29) is 0 Å². The van der Waals surface area contributed by atoms with Crippen LogP contribution < -0.4 is 0 Å². The van der Waals surface area contributed by atoms with Crippen LogP contribution in [0.2, 0.25) is 0 Å². The molecule has 0 radical (unpaired) electrons. The molecule has 2 heterocycles. The molecule has 0 N–H and O–H groups in total. The van der Waals surface area contributed by atoms with E-state index in [0.717, 1.165) is 15.8 Å². The van der Waals surface area contributed by atoms with Crippen LogP contribution in [0.4, 0.5) is 0 Å². The quantitative estimate of drug-likeness (QED) is 0.766. The molecule has 13 heavy (non-hydrogen) atoms. The summed E-state index contributed by atoms with van der Waals surface area (Å²) in [5, 5.41) is 4.37. The number of halogens is 1. The maximum absolute atomic E-state index is 4.37. The molecule has 0 amide bonds. The average molecular weight is 240 g/mol.